The summed E-state index contributed by atoms with van der Waals surface area (Å²) in [7, 11) is 0. The minimum atomic E-state index is -0.701. The lowest BCUT2D eigenvalue weighted by Gasteiger charge is -2.25. The van der Waals surface area contributed by atoms with Crippen molar-refractivity contribution in [2.45, 2.75) is 19.9 Å². The van der Waals surface area contributed by atoms with E-state index in [4.69, 9.17) is 22.1 Å². The van der Waals surface area contributed by atoms with E-state index in [0.29, 0.717) is 23.9 Å². The first-order valence-corrected chi connectivity index (χ1v) is 6.22. The Hall–Kier alpha value is -1.10. The van der Waals surface area contributed by atoms with Crippen molar-refractivity contribution >= 4 is 23.2 Å². The molecule has 1 saturated heterocycles. The summed E-state index contributed by atoms with van der Waals surface area (Å²) in [5, 5.41) is 3.35. The molecule has 1 aliphatic rings. The Morgan fingerprint density at radius 1 is 1.61 bits per heavy atom. The summed E-state index contributed by atoms with van der Waals surface area (Å²) in [5.41, 5.74) is 6.86. The number of hydrogen-bond acceptors (Lipinski definition) is 3. The topological polar surface area (TPSA) is 64.3 Å². The normalized spacial score (nSPS) is 27.2. The van der Waals surface area contributed by atoms with Gasteiger partial charge in [0.1, 0.15) is 0 Å². The van der Waals surface area contributed by atoms with Gasteiger partial charge in [-0.25, -0.2) is 0 Å². The summed E-state index contributed by atoms with van der Waals surface area (Å²) in [6.07, 6.45) is 0. The second kappa shape index (κ2) is 4.88. The van der Waals surface area contributed by atoms with Gasteiger partial charge in [0, 0.05) is 6.04 Å². The molecule has 1 aliphatic heterocycles. The second-order valence-electron chi connectivity index (χ2n) is 4.98. The van der Waals surface area contributed by atoms with Gasteiger partial charge in [0.2, 0.25) is 5.91 Å². The van der Waals surface area contributed by atoms with Crippen LogP contribution in [0.25, 0.3) is 0 Å². The fourth-order valence-electron chi connectivity index (χ4n) is 1.92. The van der Waals surface area contributed by atoms with Gasteiger partial charge in [0.05, 0.1) is 29.3 Å². The highest BCUT2D eigenvalue weighted by Crippen LogP contribution is 2.30. The van der Waals surface area contributed by atoms with E-state index in [-0.39, 0.29) is 11.9 Å². The number of halogens is 1. The number of carbonyl (C=O) groups is 1. The molecule has 2 unspecified atom stereocenters. The Kier molecular flexibility index (Phi) is 3.61. The number of rotatable bonds is 2. The number of nitrogens with two attached hydrogens (primary N) is 1. The highest BCUT2D eigenvalue weighted by atomic mass is 35.5. The van der Waals surface area contributed by atoms with Crippen molar-refractivity contribution in [3.8, 4) is 0 Å². The molecule has 1 fully saturated rings. The number of hydrogen-bond donors (Lipinski definition) is 2. The summed E-state index contributed by atoms with van der Waals surface area (Å²) >= 11 is 6.05. The summed E-state index contributed by atoms with van der Waals surface area (Å²) in [6.45, 7) is 4.50. The predicted octanol–water partition coefficient (Wildman–Crippen LogP) is 1.95. The Labute approximate surface area is 111 Å². The Balaban J connectivity index is 2.19. The van der Waals surface area contributed by atoms with Gasteiger partial charge < -0.3 is 15.8 Å². The maximum Gasteiger partial charge on any atom is 0.234 e. The van der Waals surface area contributed by atoms with Gasteiger partial charge in [-0.15, -0.1) is 0 Å². The van der Waals surface area contributed by atoms with Gasteiger partial charge in [0.15, 0.2) is 0 Å². The van der Waals surface area contributed by atoms with Gasteiger partial charge in [0.25, 0.3) is 0 Å². The average Bonchev–Trinajstić information content (AvgIpc) is 2.66. The zero-order chi connectivity index (χ0) is 13.3. The van der Waals surface area contributed by atoms with Crippen molar-refractivity contribution in [3.63, 3.8) is 0 Å². The van der Waals surface area contributed by atoms with E-state index in [1.165, 1.54) is 0 Å². The van der Waals surface area contributed by atoms with Crippen molar-refractivity contribution in [1.29, 1.82) is 0 Å². The molecule has 0 aromatic heterocycles. The first-order valence-electron chi connectivity index (χ1n) is 5.84. The molecule has 1 amide bonds. The van der Waals surface area contributed by atoms with Crippen molar-refractivity contribution in [1.82, 2.24) is 0 Å². The van der Waals surface area contributed by atoms with Crippen LogP contribution in [0, 0.1) is 12.3 Å². The lowest BCUT2D eigenvalue weighted by Crippen LogP contribution is -2.47. The molecule has 0 saturated carbocycles. The Morgan fingerprint density at radius 2 is 2.33 bits per heavy atom. The third kappa shape index (κ3) is 2.36. The summed E-state index contributed by atoms with van der Waals surface area (Å²) < 4.78 is 5.27. The van der Waals surface area contributed by atoms with E-state index in [0.717, 1.165) is 5.56 Å². The third-order valence-corrected chi connectivity index (χ3v) is 3.74. The van der Waals surface area contributed by atoms with E-state index in [9.17, 15) is 4.79 Å². The first-order chi connectivity index (χ1) is 8.43. The minimum Gasteiger partial charge on any atom is -0.379 e. The molecular formula is C13H17ClN2O2. The third-order valence-electron chi connectivity index (χ3n) is 3.41. The van der Waals surface area contributed by atoms with E-state index >= 15 is 0 Å². The van der Waals surface area contributed by atoms with Gasteiger partial charge >= 0.3 is 0 Å². The van der Waals surface area contributed by atoms with Crippen molar-refractivity contribution in [3.05, 3.63) is 28.8 Å². The molecule has 4 nitrogen and oxygen atoms in total. The predicted molar refractivity (Wildman–Crippen MR) is 71.7 cm³/mol. The van der Waals surface area contributed by atoms with E-state index < -0.39 is 5.41 Å². The molecule has 98 valence electrons. The molecule has 0 spiro atoms. The van der Waals surface area contributed by atoms with E-state index in [1.807, 2.05) is 26.0 Å². The quantitative estimate of drug-likeness (QED) is 0.862. The lowest BCUT2D eigenvalue weighted by atomic mass is 9.85. The molecule has 2 rings (SSSR count). The molecule has 1 aromatic rings. The number of ether oxygens (including phenoxy) is 1. The van der Waals surface area contributed by atoms with Crippen molar-refractivity contribution in [2.24, 2.45) is 11.1 Å². The molecule has 1 aromatic carbocycles. The largest absolute Gasteiger partial charge is 0.379 e. The monoisotopic (exact) mass is 268 g/mol. The fourth-order valence-corrected chi connectivity index (χ4v) is 2.09. The molecule has 1 heterocycles. The lowest BCUT2D eigenvalue weighted by molar-refractivity contribution is -0.125. The molecular weight excluding hydrogens is 252 g/mol. The molecule has 5 heteroatoms. The second-order valence-corrected chi connectivity index (χ2v) is 5.38. The van der Waals surface area contributed by atoms with Gasteiger partial charge in [-0.05, 0) is 31.5 Å². The Morgan fingerprint density at radius 3 is 2.94 bits per heavy atom. The molecule has 0 bridgehead atoms. The molecule has 0 aliphatic carbocycles. The minimum absolute atomic E-state index is 0.153. The SMILES string of the molecule is Cc1ccc(Cl)c(NC(=O)C2(C)COCC2N)c1. The van der Waals surface area contributed by atoms with Gasteiger partial charge in [-0.3, -0.25) is 4.79 Å². The summed E-state index contributed by atoms with van der Waals surface area (Å²) in [5.74, 6) is -0.153. The van der Waals surface area contributed by atoms with Gasteiger partial charge in [-0.1, -0.05) is 17.7 Å². The zero-order valence-electron chi connectivity index (χ0n) is 10.5. The van der Waals surface area contributed by atoms with Crippen LogP contribution in [0.1, 0.15) is 12.5 Å². The maximum absolute atomic E-state index is 12.3. The Bertz CT molecular complexity index is 478. The van der Waals surface area contributed by atoms with Crippen molar-refractivity contribution in [2.75, 3.05) is 18.5 Å². The highest BCUT2D eigenvalue weighted by molar-refractivity contribution is 6.33. The standard InChI is InChI=1S/C13H17ClN2O2/c1-8-3-4-9(14)10(5-8)16-12(17)13(2)7-18-6-11(13)15/h3-5,11H,6-7,15H2,1-2H3,(H,16,17). The van der Waals surface area contributed by atoms with Crippen LogP contribution in [-0.4, -0.2) is 25.2 Å². The zero-order valence-corrected chi connectivity index (χ0v) is 11.3. The van der Waals surface area contributed by atoms with Crippen LogP contribution in [0.4, 0.5) is 5.69 Å². The van der Waals surface area contributed by atoms with Gasteiger partial charge in [-0.2, -0.15) is 0 Å². The number of benzene rings is 1. The number of amides is 1. The van der Waals surface area contributed by atoms with Crippen LogP contribution in [0.15, 0.2) is 18.2 Å². The summed E-state index contributed by atoms with van der Waals surface area (Å²) in [6, 6.07) is 5.20. The molecule has 3 N–H and O–H groups in total. The molecule has 0 radical (unpaired) electrons. The van der Waals surface area contributed by atoms with Crippen LogP contribution < -0.4 is 11.1 Å². The van der Waals surface area contributed by atoms with Crippen LogP contribution in [0.2, 0.25) is 5.02 Å². The van der Waals surface area contributed by atoms with Crippen LogP contribution in [0.5, 0.6) is 0 Å². The fraction of sp³-hybridized carbons (Fsp3) is 0.462. The van der Waals surface area contributed by atoms with E-state index in [2.05, 4.69) is 5.32 Å². The number of nitrogens with one attached hydrogen (secondary N) is 1. The first kappa shape index (κ1) is 13.3. The smallest absolute Gasteiger partial charge is 0.234 e. The average molecular weight is 269 g/mol. The summed E-state index contributed by atoms with van der Waals surface area (Å²) in [4.78, 5) is 12.3. The highest BCUT2D eigenvalue weighted by Gasteiger charge is 2.44. The number of carbonyl (C=O) groups excluding carboxylic acids is 1. The molecule has 2 atom stereocenters. The maximum atomic E-state index is 12.3. The number of aryl methyl sites for hydroxylation is 1. The van der Waals surface area contributed by atoms with Crippen LogP contribution in [-0.2, 0) is 9.53 Å². The van der Waals surface area contributed by atoms with Crippen LogP contribution in [0.3, 0.4) is 0 Å². The van der Waals surface area contributed by atoms with Crippen molar-refractivity contribution < 1.29 is 9.53 Å². The number of anilines is 1. The molecule has 18 heavy (non-hydrogen) atoms. The van der Waals surface area contributed by atoms with E-state index in [1.54, 1.807) is 6.07 Å². The van der Waals surface area contributed by atoms with Crippen LogP contribution >= 0.6 is 11.6 Å².